The molecule has 1 amide bonds. The highest BCUT2D eigenvalue weighted by atomic mass is 35.5. The first-order valence-electron chi connectivity index (χ1n) is 8.88. The molecule has 2 aromatic rings. The fourth-order valence-electron chi connectivity index (χ4n) is 3.84. The molecule has 1 aromatic carbocycles. The number of alkyl halides is 1. The van der Waals surface area contributed by atoms with Crippen LogP contribution < -0.4 is 11.1 Å². The molecule has 0 unspecified atom stereocenters. The number of thioether (sulfide) groups is 1. The summed E-state index contributed by atoms with van der Waals surface area (Å²) in [4.78, 5) is 20.4. The molecule has 2 heterocycles. The van der Waals surface area contributed by atoms with Crippen molar-refractivity contribution in [2.24, 2.45) is 16.6 Å². The third kappa shape index (κ3) is 3.32. The van der Waals surface area contributed by atoms with Gasteiger partial charge >= 0.3 is 0 Å². The highest BCUT2D eigenvalue weighted by molar-refractivity contribution is 8.15. The number of hydrogen-bond acceptors (Lipinski definition) is 6. The Kier molecular flexibility index (Phi) is 5.19. The highest BCUT2D eigenvalue weighted by Crippen LogP contribution is 2.66. The van der Waals surface area contributed by atoms with E-state index in [1.807, 2.05) is 0 Å². The maximum atomic E-state index is 14.8. The van der Waals surface area contributed by atoms with Crippen molar-refractivity contribution in [2.45, 2.75) is 16.7 Å². The molecular weight excluding hydrogens is 441 g/mol. The van der Waals surface area contributed by atoms with Gasteiger partial charge in [0.2, 0.25) is 0 Å². The standard InChI is InChI=1S/C19H16ClF3N4O2S/c20-9-1-2-13(25-6-9)16(29)26-10-3-11(15(23)12(22)4-10)19(7-21)14-5-18(14,8-28)30-17(24)27-19/h1-4,6,14,28H,5,7-8H2,(H2,24,27)(H,26,29)/t14-,18-,19-/m1/s1. The molecule has 30 heavy (non-hydrogen) atoms. The average molecular weight is 457 g/mol. The smallest absolute Gasteiger partial charge is 0.274 e. The Morgan fingerprint density at radius 3 is 2.80 bits per heavy atom. The van der Waals surface area contributed by atoms with Crippen LogP contribution in [-0.2, 0) is 5.54 Å². The number of carbonyl (C=O) groups excluding carboxylic acids is 1. The van der Waals surface area contributed by atoms with E-state index in [2.05, 4.69) is 15.3 Å². The predicted molar refractivity (Wildman–Crippen MR) is 108 cm³/mol. The number of hydrogen-bond donors (Lipinski definition) is 3. The van der Waals surface area contributed by atoms with Gasteiger partial charge in [0.25, 0.3) is 5.91 Å². The summed E-state index contributed by atoms with van der Waals surface area (Å²) in [6.45, 7) is -1.45. The summed E-state index contributed by atoms with van der Waals surface area (Å²) >= 11 is 6.85. The molecule has 4 N–H and O–H groups in total. The number of amidine groups is 1. The first kappa shape index (κ1) is 21.0. The lowest BCUT2D eigenvalue weighted by molar-refractivity contribution is 0.102. The Morgan fingerprint density at radius 2 is 2.17 bits per heavy atom. The molecule has 0 radical (unpaired) electrons. The number of halogens is 4. The second-order valence-corrected chi connectivity index (χ2v) is 9.10. The van der Waals surface area contributed by atoms with Crippen molar-refractivity contribution in [1.82, 2.24) is 4.98 Å². The van der Waals surface area contributed by atoms with Gasteiger partial charge in [-0.2, -0.15) is 0 Å². The van der Waals surface area contributed by atoms with Crippen LogP contribution in [0, 0.1) is 17.6 Å². The number of rotatable bonds is 5. The number of aromatic nitrogens is 1. The fourth-order valence-corrected chi connectivity index (χ4v) is 5.23. The van der Waals surface area contributed by atoms with Crippen LogP contribution in [0.2, 0.25) is 5.02 Å². The minimum atomic E-state index is -1.79. The van der Waals surface area contributed by atoms with Crippen LogP contribution in [0.3, 0.4) is 0 Å². The summed E-state index contributed by atoms with van der Waals surface area (Å²) in [5.74, 6) is -3.81. The van der Waals surface area contributed by atoms with E-state index in [1.54, 1.807) is 0 Å². The summed E-state index contributed by atoms with van der Waals surface area (Å²) in [5.41, 5.74) is 3.58. The van der Waals surface area contributed by atoms with E-state index in [0.717, 1.165) is 23.9 Å². The predicted octanol–water partition coefficient (Wildman–Crippen LogP) is 3.24. The van der Waals surface area contributed by atoms with Crippen LogP contribution in [0.1, 0.15) is 22.5 Å². The molecule has 0 bridgehead atoms. The van der Waals surface area contributed by atoms with Gasteiger partial charge in [0.1, 0.15) is 17.9 Å². The van der Waals surface area contributed by atoms with Crippen molar-refractivity contribution < 1.29 is 23.1 Å². The Morgan fingerprint density at radius 1 is 1.40 bits per heavy atom. The van der Waals surface area contributed by atoms with Crippen LogP contribution >= 0.6 is 23.4 Å². The summed E-state index contributed by atoms with van der Waals surface area (Å²) < 4.78 is 42.7. The van der Waals surface area contributed by atoms with Gasteiger partial charge in [-0.1, -0.05) is 23.4 Å². The van der Waals surface area contributed by atoms with Crippen LogP contribution in [0.5, 0.6) is 0 Å². The zero-order chi connectivity index (χ0) is 21.7. The summed E-state index contributed by atoms with van der Waals surface area (Å²) in [7, 11) is 0. The van der Waals surface area contributed by atoms with Gasteiger partial charge in [-0.3, -0.25) is 4.79 Å². The Hall–Kier alpha value is -2.30. The van der Waals surface area contributed by atoms with E-state index in [4.69, 9.17) is 17.3 Å². The number of aliphatic imine (C=N–C) groups is 1. The van der Waals surface area contributed by atoms with Gasteiger partial charge in [-0.05, 0) is 24.6 Å². The number of pyridine rings is 1. The zero-order valence-electron chi connectivity index (χ0n) is 15.3. The lowest BCUT2D eigenvalue weighted by atomic mass is 9.84. The Bertz CT molecular complexity index is 1050. The second kappa shape index (κ2) is 7.44. The molecule has 3 atom stereocenters. The number of amides is 1. The number of carbonyl (C=O) groups is 1. The summed E-state index contributed by atoms with van der Waals surface area (Å²) in [6.07, 6.45) is 1.61. The van der Waals surface area contributed by atoms with Crippen LogP contribution in [0.4, 0.5) is 18.9 Å². The molecule has 4 rings (SSSR count). The van der Waals surface area contributed by atoms with Gasteiger partial charge in [0.05, 0.1) is 16.4 Å². The van der Waals surface area contributed by atoms with E-state index in [9.17, 15) is 23.1 Å². The summed E-state index contributed by atoms with van der Waals surface area (Å²) in [5, 5.41) is 12.5. The van der Waals surface area contributed by atoms with Crippen LogP contribution in [0.25, 0.3) is 0 Å². The van der Waals surface area contributed by atoms with E-state index in [0.29, 0.717) is 11.4 Å². The number of nitrogens with one attached hydrogen (secondary N) is 1. The van der Waals surface area contributed by atoms with Crippen molar-refractivity contribution in [3.63, 3.8) is 0 Å². The lowest BCUT2D eigenvalue weighted by Gasteiger charge is -2.34. The molecule has 2 aliphatic rings. The van der Waals surface area contributed by atoms with Gasteiger partial charge < -0.3 is 16.2 Å². The Labute approximate surface area is 178 Å². The zero-order valence-corrected chi connectivity index (χ0v) is 16.9. The number of nitrogens with zero attached hydrogens (tertiary/aromatic N) is 2. The molecule has 1 aliphatic heterocycles. The molecule has 1 saturated carbocycles. The number of benzene rings is 1. The minimum absolute atomic E-state index is 0.00344. The number of aliphatic hydroxyl groups is 1. The Balaban J connectivity index is 1.74. The normalized spacial score (nSPS) is 27.2. The molecule has 11 heteroatoms. The monoisotopic (exact) mass is 456 g/mol. The van der Waals surface area contributed by atoms with E-state index in [1.165, 1.54) is 18.3 Å². The van der Waals surface area contributed by atoms with Crippen molar-refractivity contribution in [3.05, 3.63) is 58.4 Å². The summed E-state index contributed by atoms with van der Waals surface area (Å²) in [6, 6.07) is 4.75. The fraction of sp³-hybridized carbons (Fsp3) is 0.316. The third-order valence-electron chi connectivity index (χ3n) is 5.40. The number of fused-ring (bicyclic) bond motifs is 1. The second-order valence-electron chi connectivity index (χ2n) is 7.22. The number of anilines is 1. The first-order chi connectivity index (χ1) is 14.2. The molecule has 1 aliphatic carbocycles. The maximum Gasteiger partial charge on any atom is 0.274 e. The van der Waals surface area contributed by atoms with Crippen molar-refractivity contribution in [1.29, 1.82) is 0 Å². The van der Waals surface area contributed by atoms with Gasteiger partial charge in [-0.15, -0.1) is 0 Å². The quantitative estimate of drug-likeness (QED) is 0.641. The molecular formula is C19H16ClF3N4O2S. The largest absolute Gasteiger partial charge is 0.395 e. The molecule has 158 valence electrons. The number of aliphatic hydroxyl groups excluding tert-OH is 1. The molecule has 0 spiro atoms. The van der Waals surface area contributed by atoms with E-state index < -0.39 is 40.4 Å². The van der Waals surface area contributed by atoms with Gasteiger partial charge in [-0.25, -0.2) is 23.1 Å². The van der Waals surface area contributed by atoms with Crippen molar-refractivity contribution >= 4 is 40.1 Å². The molecule has 1 fully saturated rings. The van der Waals surface area contributed by atoms with Gasteiger partial charge in [0.15, 0.2) is 16.8 Å². The first-order valence-corrected chi connectivity index (χ1v) is 10.1. The van der Waals surface area contributed by atoms with Crippen molar-refractivity contribution in [3.8, 4) is 0 Å². The number of nitrogens with two attached hydrogens (primary N) is 1. The average Bonchev–Trinajstić information content (AvgIpc) is 3.45. The third-order valence-corrected chi connectivity index (χ3v) is 6.91. The topological polar surface area (TPSA) is 101 Å². The lowest BCUT2D eigenvalue weighted by Crippen LogP contribution is -2.41. The van der Waals surface area contributed by atoms with E-state index >= 15 is 0 Å². The van der Waals surface area contributed by atoms with E-state index in [-0.39, 0.29) is 28.7 Å². The van der Waals surface area contributed by atoms with Crippen molar-refractivity contribution in [2.75, 3.05) is 18.6 Å². The highest BCUT2D eigenvalue weighted by Gasteiger charge is 2.68. The molecule has 0 saturated heterocycles. The minimum Gasteiger partial charge on any atom is -0.395 e. The van der Waals surface area contributed by atoms with Crippen LogP contribution in [0.15, 0.2) is 35.5 Å². The SMILES string of the molecule is NC1=N[C@](CF)(c2cc(NC(=O)c3ccc(Cl)cn3)cc(F)c2F)[C@@H]2C[C@]2(CO)S1. The molecule has 1 aromatic heterocycles. The molecule has 6 nitrogen and oxygen atoms in total. The van der Waals surface area contributed by atoms with Gasteiger partial charge in [0, 0.05) is 29.4 Å². The van der Waals surface area contributed by atoms with Crippen LogP contribution in [-0.4, -0.2) is 39.2 Å². The maximum absolute atomic E-state index is 14.8.